The molecule has 1 saturated heterocycles. The molecule has 1 atom stereocenters. The molecule has 142 valence electrons. The molecule has 1 unspecified atom stereocenters. The number of morpholine rings is 1. The standard InChI is InChI=1S/C17H34N4O2.HI/c1-4-18-16(19-12-15-13-21(2)9-11-23-15)20-14-17(6-5-7-17)8-10-22-3;/h15H,4-14H2,1-3H3,(H2,18,19,20);1H. The Labute approximate surface area is 164 Å². The number of nitrogens with one attached hydrogen (secondary N) is 2. The number of halogens is 1. The molecule has 2 fully saturated rings. The molecule has 2 N–H and O–H groups in total. The smallest absolute Gasteiger partial charge is 0.191 e. The van der Waals surface area contributed by atoms with Crippen LogP contribution in [-0.4, -0.2) is 77.1 Å². The van der Waals surface area contributed by atoms with E-state index >= 15 is 0 Å². The molecule has 2 rings (SSSR count). The SMILES string of the molecule is CCNC(=NCC1(CCOC)CCC1)NCC1CN(C)CCO1.I. The summed E-state index contributed by atoms with van der Waals surface area (Å²) in [7, 11) is 3.92. The Hall–Kier alpha value is -0.120. The van der Waals surface area contributed by atoms with Crippen LogP contribution in [0.3, 0.4) is 0 Å². The number of aliphatic imine (C=N–C) groups is 1. The molecule has 2 aliphatic rings. The highest BCUT2D eigenvalue weighted by molar-refractivity contribution is 14.0. The zero-order valence-corrected chi connectivity index (χ0v) is 17.8. The molecule has 0 radical (unpaired) electrons. The molecule has 0 aromatic heterocycles. The Morgan fingerprint density at radius 2 is 2.17 bits per heavy atom. The van der Waals surface area contributed by atoms with E-state index in [9.17, 15) is 0 Å². The normalized spacial score (nSPS) is 24.0. The minimum atomic E-state index is 0. The third kappa shape index (κ3) is 7.01. The van der Waals surface area contributed by atoms with Crippen molar-refractivity contribution >= 4 is 29.9 Å². The van der Waals surface area contributed by atoms with Gasteiger partial charge in [-0.25, -0.2) is 0 Å². The zero-order valence-electron chi connectivity index (χ0n) is 15.5. The van der Waals surface area contributed by atoms with Gasteiger partial charge in [-0.05, 0) is 38.6 Å². The number of hydrogen-bond donors (Lipinski definition) is 2. The molecule has 7 heteroatoms. The van der Waals surface area contributed by atoms with Crippen LogP contribution >= 0.6 is 24.0 Å². The van der Waals surface area contributed by atoms with E-state index < -0.39 is 0 Å². The maximum Gasteiger partial charge on any atom is 0.191 e. The molecule has 1 saturated carbocycles. The molecular formula is C17H35IN4O2. The molecule has 6 nitrogen and oxygen atoms in total. The van der Waals surface area contributed by atoms with Gasteiger partial charge in [-0.1, -0.05) is 6.42 Å². The van der Waals surface area contributed by atoms with E-state index in [0.717, 1.165) is 58.3 Å². The molecule has 0 spiro atoms. The Morgan fingerprint density at radius 3 is 2.75 bits per heavy atom. The molecule has 1 aliphatic carbocycles. The molecule has 1 heterocycles. The highest BCUT2D eigenvalue weighted by atomic mass is 127. The lowest BCUT2D eigenvalue weighted by molar-refractivity contribution is -0.0161. The minimum absolute atomic E-state index is 0. The van der Waals surface area contributed by atoms with Gasteiger partial charge in [0.05, 0.1) is 12.7 Å². The van der Waals surface area contributed by atoms with Crippen LogP contribution < -0.4 is 10.6 Å². The van der Waals surface area contributed by atoms with Gasteiger partial charge in [-0.3, -0.25) is 4.99 Å². The first-order chi connectivity index (χ1) is 11.2. The van der Waals surface area contributed by atoms with E-state index in [1.807, 2.05) is 0 Å². The summed E-state index contributed by atoms with van der Waals surface area (Å²) in [4.78, 5) is 7.15. The van der Waals surface area contributed by atoms with Gasteiger partial charge in [0.2, 0.25) is 0 Å². The summed E-state index contributed by atoms with van der Waals surface area (Å²) in [5.74, 6) is 0.910. The monoisotopic (exact) mass is 454 g/mol. The van der Waals surface area contributed by atoms with Crippen molar-refractivity contribution in [2.75, 3.05) is 60.1 Å². The second kappa shape index (κ2) is 11.5. The maximum atomic E-state index is 5.80. The van der Waals surface area contributed by atoms with E-state index in [2.05, 4.69) is 29.5 Å². The van der Waals surface area contributed by atoms with E-state index in [1.54, 1.807) is 7.11 Å². The average Bonchev–Trinajstić information content (AvgIpc) is 2.51. The van der Waals surface area contributed by atoms with Gasteiger partial charge in [0.1, 0.15) is 0 Å². The van der Waals surface area contributed by atoms with Crippen LogP contribution in [0.25, 0.3) is 0 Å². The second-order valence-corrected chi connectivity index (χ2v) is 6.93. The first-order valence-electron chi connectivity index (χ1n) is 8.99. The molecule has 0 aromatic rings. The fraction of sp³-hybridized carbons (Fsp3) is 0.941. The van der Waals surface area contributed by atoms with Crippen molar-refractivity contribution in [3.05, 3.63) is 0 Å². The fourth-order valence-electron chi connectivity index (χ4n) is 3.27. The predicted octanol–water partition coefficient (Wildman–Crippen LogP) is 1.70. The lowest BCUT2D eigenvalue weighted by Gasteiger charge is -2.40. The van der Waals surface area contributed by atoms with Crippen LogP contribution in [0.15, 0.2) is 4.99 Å². The summed E-state index contributed by atoms with van der Waals surface area (Å²) < 4.78 is 11.1. The van der Waals surface area contributed by atoms with Crippen molar-refractivity contribution in [3.8, 4) is 0 Å². The predicted molar refractivity (Wildman–Crippen MR) is 109 cm³/mol. The van der Waals surface area contributed by atoms with Gasteiger partial charge < -0.3 is 25.0 Å². The van der Waals surface area contributed by atoms with Gasteiger partial charge in [0, 0.05) is 46.4 Å². The van der Waals surface area contributed by atoms with Crippen LogP contribution in [0.5, 0.6) is 0 Å². The van der Waals surface area contributed by atoms with Crippen LogP contribution in [-0.2, 0) is 9.47 Å². The summed E-state index contributed by atoms with van der Waals surface area (Å²) in [5, 5.41) is 6.79. The molecular weight excluding hydrogens is 419 g/mol. The summed E-state index contributed by atoms with van der Waals surface area (Å²) in [5.41, 5.74) is 0.361. The third-order valence-electron chi connectivity index (χ3n) is 5.01. The van der Waals surface area contributed by atoms with Crippen LogP contribution in [0.4, 0.5) is 0 Å². The topological polar surface area (TPSA) is 58.1 Å². The summed E-state index contributed by atoms with van der Waals surface area (Å²) in [6.07, 6.45) is 5.23. The van der Waals surface area contributed by atoms with Gasteiger partial charge in [0.15, 0.2) is 5.96 Å². The largest absolute Gasteiger partial charge is 0.385 e. The summed E-state index contributed by atoms with van der Waals surface area (Å²) in [6.45, 7) is 8.32. The van der Waals surface area contributed by atoms with E-state index in [-0.39, 0.29) is 30.1 Å². The van der Waals surface area contributed by atoms with Crippen molar-refractivity contribution in [2.45, 2.75) is 38.7 Å². The van der Waals surface area contributed by atoms with Gasteiger partial charge >= 0.3 is 0 Å². The zero-order chi connectivity index (χ0) is 16.5. The van der Waals surface area contributed by atoms with Crippen molar-refractivity contribution in [1.29, 1.82) is 0 Å². The van der Waals surface area contributed by atoms with Crippen molar-refractivity contribution in [3.63, 3.8) is 0 Å². The van der Waals surface area contributed by atoms with E-state index in [0.29, 0.717) is 5.41 Å². The molecule has 0 aromatic carbocycles. The van der Waals surface area contributed by atoms with E-state index in [1.165, 1.54) is 19.3 Å². The number of rotatable bonds is 8. The Morgan fingerprint density at radius 1 is 1.38 bits per heavy atom. The molecule has 0 amide bonds. The van der Waals surface area contributed by atoms with Gasteiger partial charge in [-0.2, -0.15) is 0 Å². The van der Waals surface area contributed by atoms with Gasteiger partial charge in [0.25, 0.3) is 0 Å². The van der Waals surface area contributed by atoms with Crippen molar-refractivity contribution < 1.29 is 9.47 Å². The number of hydrogen-bond acceptors (Lipinski definition) is 4. The highest BCUT2D eigenvalue weighted by Gasteiger charge is 2.36. The summed E-state index contributed by atoms with van der Waals surface area (Å²) in [6, 6.07) is 0. The Bertz CT molecular complexity index is 378. The maximum absolute atomic E-state index is 5.80. The number of ether oxygens (including phenoxy) is 2. The number of nitrogens with zero attached hydrogens (tertiary/aromatic N) is 2. The second-order valence-electron chi connectivity index (χ2n) is 6.93. The third-order valence-corrected chi connectivity index (χ3v) is 5.01. The molecule has 1 aliphatic heterocycles. The Balaban J connectivity index is 0.00000288. The first kappa shape index (κ1) is 21.9. The van der Waals surface area contributed by atoms with Crippen molar-refractivity contribution in [2.24, 2.45) is 10.4 Å². The Kier molecular flexibility index (Phi) is 10.5. The van der Waals surface area contributed by atoms with Gasteiger partial charge in [-0.15, -0.1) is 24.0 Å². The van der Waals surface area contributed by atoms with Crippen molar-refractivity contribution in [1.82, 2.24) is 15.5 Å². The average molecular weight is 454 g/mol. The molecule has 0 bridgehead atoms. The first-order valence-corrected chi connectivity index (χ1v) is 8.99. The number of guanidine groups is 1. The lowest BCUT2D eigenvalue weighted by Crippen LogP contribution is -2.48. The highest BCUT2D eigenvalue weighted by Crippen LogP contribution is 2.44. The quantitative estimate of drug-likeness (QED) is 0.332. The van der Waals surface area contributed by atoms with Crippen LogP contribution in [0.2, 0.25) is 0 Å². The van der Waals surface area contributed by atoms with Crippen LogP contribution in [0.1, 0.15) is 32.6 Å². The lowest BCUT2D eigenvalue weighted by atomic mass is 9.67. The summed E-state index contributed by atoms with van der Waals surface area (Å²) >= 11 is 0. The minimum Gasteiger partial charge on any atom is -0.385 e. The number of methoxy groups -OCH3 is 1. The fourth-order valence-corrected chi connectivity index (χ4v) is 3.27. The van der Waals surface area contributed by atoms with Crippen LogP contribution in [0, 0.1) is 5.41 Å². The number of likely N-dealkylation sites (N-methyl/N-ethyl adjacent to an activating group) is 1. The van der Waals surface area contributed by atoms with E-state index in [4.69, 9.17) is 14.5 Å². The molecule has 24 heavy (non-hydrogen) atoms.